The number of amides is 1. The fourth-order valence-corrected chi connectivity index (χ4v) is 3.64. The molecule has 140 valence electrons. The number of nitrogens with zero attached hydrogens (tertiary/aromatic N) is 4. The predicted molar refractivity (Wildman–Crippen MR) is 83.9 cm³/mol. The molecule has 0 bridgehead atoms. The quantitative estimate of drug-likeness (QED) is 0.888. The first-order valence-electron chi connectivity index (χ1n) is 8.39. The smallest absolute Gasteiger partial charge is 0.407 e. The van der Waals surface area contributed by atoms with Crippen molar-refractivity contribution in [2.75, 3.05) is 19.8 Å². The van der Waals surface area contributed by atoms with Crippen LogP contribution in [-0.4, -0.2) is 57.2 Å². The fourth-order valence-electron chi connectivity index (χ4n) is 3.64. The van der Waals surface area contributed by atoms with Crippen LogP contribution in [0.4, 0.5) is 13.6 Å². The first-order valence-corrected chi connectivity index (χ1v) is 8.39. The van der Waals surface area contributed by atoms with E-state index in [0.29, 0.717) is 31.6 Å². The second-order valence-electron chi connectivity index (χ2n) is 6.60. The average Bonchev–Trinajstić information content (AvgIpc) is 3.14. The molecule has 26 heavy (non-hydrogen) atoms. The first kappa shape index (κ1) is 17.0. The Morgan fingerprint density at radius 1 is 1.50 bits per heavy atom. The minimum Gasteiger partial charge on any atom is -0.465 e. The highest BCUT2D eigenvalue weighted by Gasteiger charge is 2.33. The molecule has 0 radical (unpaired) electrons. The van der Waals surface area contributed by atoms with Gasteiger partial charge in [-0.25, -0.2) is 13.6 Å². The van der Waals surface area contributed by atoms with Gasteiger partial charge in [0.05, 0.1) is 24.5 Å². The fraction of sp³-hybridized carbons (Fsp3) is 0.562. The monoisotopic (exact) mass is 368 g/mol. The van der Waals surface area contributed by atoms with Gasteiger partial charge in [0, 0.05) is 36.6 Å². The number of rotatable bonds is 4. The van der Waals surface area contributed by atoms with Crippen LogP contribution in [0, 0.1) is 5.92 Å². The number of halogens is 2. The van der Waals surface area contributed by atoms with Gasteiger partial charge >= 0.3 is 6.09 Å². The zero-order chi connectivity index (χ0) is 18.3. The van der Waals surface area contributed by atoms with Crippen molar-refractivity contribution in [1.82, 2.24) is 19.8 Å². The Bertz CT molecular complexity index is 819. The molecule has 0 aromatic carbocycles. The highest BCUT2D eigenvalue weighted by atomic mass is 19.3. The molecule has 1 unspecified atom stereocenters. The standard InChI is InChI=1S/C16H18F2N4O4/c17-13(18)8-25-6-9-3-10-7-26-20-14(10)15-11-5-21(16(23)24)2-1-12(11)19-22(15)4-9/h7,9,13H,1-6,8H2,(H,23,24). The summed E-state index contributed by atoms with van der Waals surface area (Å²) < 4.78 is 36.7. The number of fused-ring (bicyclic) bond motifs is 5. The third-order valence-corrected chi connectivity index (χ3v) is 4.78. The number of carbonyl (C=O) groups is 1. The lowest BCUT2D eigenvalue weighted by Crippen LogP contribution is -2.34. The molecule has 2 aliphatic rings. The molecule has 0 fully saturated rings. The van der Waals surface area contributed by atoms with E-state index in [1.807, 2.05) is 0 Å². The van der Waals surface area contributed by atoms with E-state index in [-0.39, 0.29) is 19.1 Å². The lowest BCUT2D eigenvalue weighted by Gasteiger charge is -2.23. The van der Waals surface area contributed by atoms with E-state index in [0.717, 1.165) is 22.5 Å². The summed E-state index contributed by atoms with van der Waals surface area (Å²) in [5.41, 5.74) is 3.93. The first-order chi connectivity index (χ1) is 12.5. The molecule has 1 amide bonds. The minimum atomic E-state index is -2.50. The molecule has 0 saturated carbocycles. The Morgan fingerprint density at radius 2 is 2.35 bits per heavy atom. The van der Waals surface area contributed by atoms with Crippen molar-refractivity contribution in [3.8, 4) is 11.4 Å². The van der Waals surface area contributed by atoms with Gasteiger partial charge in [0.25, 0.3) is 6.43 Å². The largest absolute Gasteiger partial charge is 0.465 e. The van der Waals surface area contributed by atoms with Crippen LogP contribution in [0.3, 0.4) is 0 Å². The summed E-state index contributed by atoms with van der Waals surface area (Å²) >= 11 is 0. The molecule has 8 nitrogen and oxygen atoms in total. The van der Waals surface area contributed by atoms with E-state index in [1.54, 1.807) is 10.9 Å². The summed E-state index contributed by atoms with van der Waals surface area (Å²) in [6.45, 7) is 0.725. The maximum Gasteiger partial charge on any atom is 0.407 e. The molecular formula is C16H18F2N4O4. The maximum atomic E-state index is 12.3. The Labute approximate surface area is 147 Å². The van der Waals surface area contributed by atoms with Crippen molar-refractivity contribution in [2.45, 2.75) is 32.4 Å². The Balaban J connectivity index is 1.66. The van der Waals surface area contributed by atoms with Crippen LogP contribution < -0.4 is 0 Å². The van der Waals surface area contributed by atoms with Crippen molar-refractivity contribution >= 4 is 6.09 Å². The molecule has 0 saturated heterocycles. The van der Waals surface area contributed by atoms with E-state index < -0.39 is 19.1 Å². The summed E-state index contributed by atoms with van der Waals surface area (Å²) in [5, 5.41) is 18.0. The van der Waals surface area contributed by atoms with Gasteiger partial charge < -0.3 is 19.3 Å². The average molecular weight is 368 g/mol. The van der Waals surface area contributed by atoms with Gasteiger partial charge in [-0.3, -0.25) is 4.68 Å². The van der Waals surface area contributed by atoms with Gasteiger partial charge in [0.15, 0.2) is 0 Å². The number of aromatic nitrogens is 3. The van der Waals surface area contributed by atoms with Crippen LogP contribution in [0.1, 0.15) is 16.8 Å². The summed E-state index contributed by atoms with van der Waals surface area (Å²) in [4.78, 5) is 12.7. The maximum absolute atomic E-state index is 12.3. The third kappa shape index (κ3) is 3.05. The van der Waals surface area contributed by atoms with E-state index in [4.69, 9.17) is 9.26 Å². The summed E-state index contributed by atoms with van der Waals surface area (Å²) in [5.74, 6) is -0.0509. The van der Waals surface area contributed by atoms with Crippen LogP contribution in [0.5, 0.6) is 0 Å². The molecule has 1 atom stereocenters. The van der Waals surface area contributed by atoms with E-state index in [2.05, 4.69) is 10.3 Å². The van der Waals surface area contributed by atoms with Crippen molar-refractivity contribution < 1.29 is 27.9 Å². The van der Waals surface area contributed by atoms with E-state index in [9.17, 15) is 18.7 Å². The van der Waals surface area contributed by atoms with Gasteiger partial charge in [0.2, 0.25) is 0 Å². The van der Waals surface area contributed by atoms with Gasteiger partial charge in [-0.1, -0.05) is 5.16 Å². The molecule has 4 rings (SSSR count). The Kier molecular flexibility index (Phi) is 4.35. The molecule has 4 heterocycles. The van der Waals surface area contributed by atoms with Gasteiger partial charge in [-0.05, 0) is 6.42 Å². The third-order valence-electron chi connectivity index (χ3n) is 4.78. The van der Waals surface area contributed by atoms with Crippen LogP contribution in [0.25, 0.3) is 11.4 Å². The van der Waals surface area contributed by atoms with Crippen molar-refractivity contribution in [1.29, 1.82) is 0 Å². The van der Waals surface area contributed by atoms with Gasteiger partial charge in [0.1, 0.15) is 18.6 Å². The summed E-state index contributed by atoms with van der Waals surface area (Å²) in [6, 6.07) is 0. The van der Waals surface area contributed by atoms with E-state index >= 15 is 0 Å². The Hall–Kier alpha value is -2.49. The summed E-state index contributed by atoms with van der Waals surface area (Å²) in [6.07, 6.45) is -0.823. The van der Waals surface area contributed by atoms with Crippen molar-refractivity contribution in [3.63, 3.8) is 0 Å². The highest BCUT2D eigenvalue weighted by Crippen LogP contribution is 2.35. The van der Waals surface area contributed by atoms with Crippen molar-refractivity contribution in [2.24, 2.45) is 5.92 Å². The molecular weight excluding hydrogens is 350 g/mol. The molecule has 0 aliphatic carbocycles. The lowest BCUT2D eigenvalue weighted by atomic mass is 9.99. The molecule has 10 heteroatoms. The second-order valence-corrected chi connectivity index (χ2v) is 6.60. The predicted octanol–water partition coefficient (Wildman–Crippen LogP) is 2.03. The lowest BCUT2D eigenvalue weighted by molar-refractivity contribution is 0.00164. The molecule has 2 aliphatic heterocycles. The zero-order valence-corrected chi connectivity index (χ0v) is 13.9. The number of carboxylic acid groups (broad SMARTS) is 1. The number of hydrogen-bond donors (Lipinski definition) is 1. The minimum absolute atomic E-state index is 0.0509. The van der Waals surface area contributed by atoms with Crippen LogP contribution >= 0.6 is 0 Å². The zero-order valence-electron chi connectivity index (χ0n) is 13.9. The number of ether oxygens (including phenoxy) is 1. The van der Waals surface area contributed by atoms with Gasteiger partial charge in [-0.15, -0.1) is 0 Å². The second kappa shape index (κ2) is 6.67. The Morgan fingerprint density at radius 3 is 3.12 bits per heavy atom. The highest BCUT2D eigenvalue weighted by molar-refractivity contribution is 5.69. The molecule has 2 aromatic rings. The van der Waals surface area contributed by atoms with Gasteiger partial charge in [-0.2, -0.15) is 5.10 Å². The normalized spacial score (nSPS) is 19.0. The van der Waals surface area contributed by atoms with E-state index in [1.165, 1.54) is 4.90 Å². The SMILES string of the molecule is O=C(O)N1CCc2nn3c(c2C1)-c1nocc1CC(COCC(F)F)C3. The van der Waals surface area contributed by atoms with Crippen LogP contribution in [0.15, 0.2) is 10.8 Å². The number of hydrogen-bond acceptors (Lipinski definition) is 5. The molecule has 2 aromatic heterocycles. The number of alkyl halides is 2. The van der Waals surface area contributed by atoms with Crippen LogP contribution in [0.2, 0.25) is 0 Å². The summed E-state index contributed by atoms with van der Waals surface area (Å²) in [7, 11) is 0. The molecule has 0 spiro atoms. The topological polar surface area (TPSA) is 93.6 Å². The van der Waals surface area contributed by atoms with Crippen LogP contribution in [-0.2, 0) is 30.7 Å². The molecule has 1 N–H and O–H groups in total. The van der Waals surface area contributed by atoms with Crippen molar-refractivity contribution in [3.05, 3.63) is 23.1 Å².